The molecule has 0 saturated carbocycles. The third kappa shape index (κ3) is 4.54. The molecule has 0 bridgehead atoms. The minimum absolute atomic E-state index is 0.0816. The summed E-state index contributed by atoms with van der Waals surface area (Å²) in [5, 5.41) is 0. The van der Waals surface area contributed by atoms with Gasteiger partial charge in [0.1, 0.15) is 11.8 Å². The average Bonchev–Trinajstić information content (AvgIpc) is 3.13. The summed E-state index contributed by atoms with van der Waals surface area (Å²) >= 11 is 3.37. The fourth-order valence-electron chi connectivity index (χ4n) is 4.08. The van der Waals surface area contributed by atoms with Gasteiger partial charge in [0.15, 0.2) is 0 Å². The molecule has 3 aromatic rings. The summed E-state index contributed by atoms with van der Waals surface area (Å²) in [7, 11) is 1.53. The molecule has 2 unspecified atom stereocenters. The molecule has 3 amide bonds. The summed E-state index contributed by atoms with van der Waals surface area (Å²) in [6, 6.07) is 21.9. The summed E-state index contributed by atoms with van der Waals surface area (Å²) in [6.07, 6.45) is -0.0816. The van der Waals surface area contributed by atoms with Gasteiger partial charge in [-0.3, -0.25) is 14.4 Å². The number of ether oxygens (including phenoxy) is 1. The van der Waals surface area contributed by atoms with E-state index in [9.17, 15) is 14.4 Å². The topological polar surface area (TPSA) is 66.9 Å². The molecule has 0 spiro atoms. The van der Waals surface area contributed by atoms with Crippen LogP contribution in [0.25, 0.3) is 0 Å². The lowest BCUT2D eigenvalue weighted by molar-refractivity contribution is -0.122. The molecule has 168 valence electrons. The van der Waals surface area contributed by atoms with Crippen LogP contribution in [0.4, 0.5) is 5.69 Å². The molecule has 1 heterocycles. The van der Waals surface area contributed by atoms with Gasteiger partial charge in [-0.2, -0.15) is 0 Å². The van der Waals surface area contributed by atoms with E-state index in [0.717, 1.165) is 10.0 Å². The molecule has 0 aliphatic carbocycles. The minimum Gasteiger partial charge on any atom is -0.497 e. The van der Waals surface area contributed by atoms with E-state index in [1.54, 1.807) is 48.5 Å². The number of hydrogen-bond acceptors (Lipinski definition) is 4. The highest BCUT2D eigenvalue weighted by molar-refractivity contribution is 9.10. The van der Waals surface area contributed by atoms with Gasteiger partial charge < -0.3 is 9.64 Å². The molecule has 0 aromatic heterocycles. The largest absolute Gasteiger partial charge is 0.497 e. The Morgan fingerprint density at radius 3 is 2.39 bits per heavy atom. The van der Waals surface area contributed by atoms with Crippen LogP contribution in [-0.4, -0.2) is 35.8 Å². The van der Waals surface area contributed by atoms with Crippen LogP contribution in [-0.2, 0) is 9.59 Å². The number of carbonyl (C=O) groups excluding carboxylic acids is 3. The summed E-state index contributed by atoms with van der Waals surface area (Å²) in [4.78, 5) is 42.9. The van der Waals surface area contributed by atoms with Gasteiger partial charge in [0, 0.05) is 10.0 Å². The van der Waals surface area contributed by atoms with Crippen molar-refractivity contribution in [3.05, 3.63) is 94.5 Å². The number of carbonyl (C=O) groups is 3. The predicted octanol–water partition coefficient (Wildman–Crippen LogP) is 4.99. The molecular weight excluding hydrogens is 484 g/mol. The van der Waals surface area contributed by atoms with Crippen LogP contribution in [0.2, 0.25) is 0 Å². The Labute approximate surface area is 200 Å². The van der Waals surface area contributed by atoms with E-state index in [1.165, 1.54) is 16.9 Å². The van der Waals surface area contributed by atoms with Crippen molar-refractivity contribution >= 4 is 39.3 Å². The summed E-state index contributed by atoms with van der Waals surface area (Å²) < 4.78 is 6.12. The molecule has 4 rings (SSSR count). The highest BCUT2D eigenvalue weighted by atomic mass is 79.9. The molecule has 0 radical (unpaired) electrons. The fraction of sp³-hybridized carbons (Fsp3) is 0.192. The van der Waals surface area contributed by atoms with Gasteiger partial charge >= 0.3 is 0 Å². The Morgan fingerprint density at radius 2 is 1.73 bits per heavy atom. The van der Waals surface area contributed by atoms with E-state index in [-0.39, 0.29) is 18.2 Å². The van der Waals surface area contributed by atoms with Crippen molar-refractivity contribution in [3.8, 4) is 5.75 Å². The van der Waals surface area contributed by atoms with Gasteiger partial charge in [-0.05, 0) is 55.0 Å². The molecule has 33 heavy (non-hydrogen) atoms. The molecule has 1 aliphatic heterocycles. The monoisotopic (exact) mass is 506 g/mol. The van der Waals surface area contributed by atoms with Crippen molar-refractivity contribution in [1.29, 1.82) is 0 Å². The van der Waals surface area contributed by atoms with Crippen molar-refractivity contribution in [3.63, 3.8) is 0 Å². The second-order valence-electron chi connectivity index (χ2n) is 7.79. The summed E-state index contributed by atoms with van der Waals surface area (Å²) in [6.45, 7) is 1.87. The van der Waals surface area contributed by atoms with Crippen LogP contribution in [0.3, 0.4) is 0 Å². The normalized spacial score (nSPS) is 16.6. The number of imide groups is 1. The van der Waals surface area contributed by atoms with E-state index in [4.69, 9.17) is 4.74 Å². The first kappa shape index (κ1) is 22.7. The van der Waals surface area contributed by atoms with Gasteiger partial charge in [0.25, 0.3) is 11.8 Å². The number of nitrogens with zero attached hydrogens (tertiary/aromatic N) is 2. The molecular formula is C26H23BrN2O4. The predicted molar refractivity (Wildman–Crippen MR) is 129 cm³/mol. The van der Waals surface area contributed by atoms with E-state index in [1.807, 2.05) is 37.3 Å². The number of anilines is 1. The number of halogens is 1. The second-order valence-corrected chi connectivity index (χ2v) is 8.71. The van der Waals surface area contributed by atoms with Crippen molar-refractivity contribution in [2.24, 2.45) is 0 Å². The van der Waals surface area contributed by atoms with Crippen molar-refractivity contribution in [2.45, 2.75) is 25.4 Å². The first-order valence-corrected chi connectivity index (χ1v) is 11.3. The Morgan fingerprint density at radius 1 is 1.03 bits per heavy atom. The third-order valence-corrected chi connectivity index (χ3v) is 6.32. The Kier molecular flexibility index (Phi) is 6.60. The Bertz CT molecular complexity index is 1180. The Balaban J connectivity index is 1.74. The second kappa shape index (κ2) is 9.58. The number of amides is 3. The highest BCUT2D eigenvalue weighted by Gasteiger charge is 2.46. The van der Waals surface area contributed by atoms with Gasteiger partial charge in [-0.1, -0.05) is 52.3 Å². The standard InChI is InChI=1S/C26H23BrN2O4/c1-17(18-7-4-3-5-8-18)28(25(31)19-9-6-10-22(15-19)33-2)23-16-24(30)29(26(23)32)21-13-11-20(27)12-14-21/h3-15,17,23H,16H2,1-2H3. The zero-order chi connectivity index (χ0) is 23.5. The maximum atomic E-state index is 13.7. The quantitative estimate of drug-likeness (QED) is 0.441. The number of rotatable bonds is 6. The van der Waals surface area contributed by atoms with Gasteiger partial charge in [0.05, 0.1) is 25.3 Å². The number of benzene rings is 3. The smallest absolute Gasteiger partial charge is 0.257 e. The van der Waals surface area contributed by atoms with E-state index in [2.05, 4.69) is 15.9 Å². The maximum Gasteiger partial charge on any atom is 0.257 e. The average molecular weight is 507 g/mol. The van der Waals surface area contributed by atoms with E-state index >= 15 is 0 Å². The van der Waals surface area contributed by atoms with Crippen molar-refractivity contribution in [2.75, 3.05) is 12.0 Å². The Hall–Kier alpha value is -3.45. The van der Waals surface area contributed by atoms with Crippen molar-refractivity contribution in [1.82, 2.24) is 4.90 Å². The molecule has 1 aliphatic rings. The molecule has 1 saturated heterocycles. The minimum atomic E-state index is -0.921. The highest BCUT2D eigenvalue weighted by Crippen LogP contribution is 2.33. The lowest BCUT2D eigenvalue weighted by Crippen LogP contribution is -2.46. The molecule has 0 N–H and O–H groups in total. The number of hydrogen-bond donors (Lipinski definition) is 0. The molecule has 7 heteroatoms. The first-order chi connectivity index (χ1) is 15.9. The first-order valence-electron chi connectivity index (χ1n) is 10.5. The van der Waals surface area contributed by atoms with E-state index in [0.29, 0.717) is 17.0 Å². The van der Waals surface area contributed by atoms with Crippen LogP contribution < -0.4 is 9.64 Å². The zero-order valence-electron chi connectivity index (χ0n) is 18.3. The van der Waals surface area contributed by atoms with Crippen molar-refractivity contribution < 1.29 is 19.1 Å². The van der Waals surface area contributed by atoms with Crippen LogP contribution in [0.5, 0.6) is 5.75 Å². The molecule has 3 aromatic carbocycles. The zero-order valence-corrected chi connectivity index (χ0v) is 19.9. The molecule has 6 nitrogen and oxygen atoms in total. The van der Waals surface area contributed by atoms with E-state index < -0.39 is 18.0 Å². The lowest BCUT2D eigenvalue weighted by Gasteiger charge is -2.33. The number of methoxy groups -OCH3 is 1. The van der Waals surface area contributed by atoms with Gasteiger partial charge in [0.2, 0.25) is 5.91 Å². The van der Waals surface area contributed by atoms with Gasteiger partial charge in [-0.25, -0.2) is 4.90 Å². The fourth-order valence-corrected chi connectivity index (χ4v) is 4.34. The third-order valence-electron chi connectivity index (χ3n) is 5.79. The summed E-state index contributed by atoms with van der Waals surface area (Å²) in [5.41, 5.74) is 1.74. The van der Waals surface area contributed by atoms with Crippen LogP contribution in [0.15, 0.2) is 83.3 Å². The van der Waals surface area contributed by atoms with Crippen LogP contribution in [0.1, 0.15) is 35.3 Å². The SMILES string of the molecule is COc1cccc(C(=O)N(C2CC(=O)N(c3ccc(Br)cc3)C2=O)C(C)c2ccccc2)c1. The summed E-state index contributed by atoms with van der Waals surface area (Å²) in [5.74, 6) is -0.551. The molecule has 2 atom stereocenters. The maximum absolute atomic E-state index is 13.7. The van der Waals surface area contributed by atoms with Gasteiger partial charge in [-0.15, -0.1) is 0 Å². The molecule has 1 fully saturated rings. The van der Waals surface area contributed by atoms with Crippen LogP contribution >= 0.6 is 15.9 Å². The van der Waals surface area contributed by atoms with Crippen LogP contribution in [0, 0.1) is 0 Å². The lowest BCUT2D eigenvalue weighted by atomic mass is 10.0.